The summed E-state index contributed by atoms with van der Waals surface area (Å²) >= 11 is 0. The van der Waals surface area contributed by atoms with Gasteiger partial charge in [0.05, 0.1) is 0 Å². The molecule has 0 rings (SSSR count). The van der Waals surface area contributed by atoms with Crippen LogP contribution in [-0.2, 0) is 0 Å². The van der Waals surface area contributed by atoms with Crippen LogP contribution in [0.3, 0.4) is 0 Å². The maximum Gasteiger partial charge on any atom is 0.139 e. The minimum absolute atomic E-state index is 1.05. The molecule has 0 aromatic carbocycles. The highest BCUT2D eigenvalue weighted by molar-refractivity contribution is 6.58. The molecule has 22 heavy (non-hydrogen) atoms. The third kappa shape index (κ3) is 16.4. The Morgan fingerprint density at radius 3 is 1.05 bits per heavy atom. The van der Waals surface area contributed by atoms with Crippen LogP contribution in [0.4, 0.5) is 0 Å². The first-order valence-electron chi connectivity index (χ1n) is 10.8. The van der Waals surface area contributed by atoms with Crippen LogP contribution in [0.1, 0.15) is 117 Å². The summed E-state index contributed by atoms with van der Waals surface area (Å²) in [5.74, 6) is 0. The first-order chi connectivity index (χ1) is 10.8. The standard InChI is InChI=1S/C21H45B/c1-4-7-10-12-14-17-20-22(19-16-9-6-3)21-18-15-13-11-8-5-2/h4-21H2,1-3H3. The summed E-state index contributed by atoms with van der Waals surface area (Å²) in [5.41, 5.74) is 0. The fourth-order valence-electron chi connectivity index (χ4n) is 3.54. The summed E-state index contributed by atoms with van der Waals surface area (Å²) < 4.78 is 0. The normalized spacial score (nSPS) is 11.0. The maximum absolute atomic E-state index is 2.33. The number of hydrogen-bond donors (Lipinski definition) is 0. The Bertz CT molecular complexity index is 174. The third-order valence-electron chi connectivity index (χ3n) is 5.15. The van der Waals surface area contributed by atoms with E-state index in [2.05, 4.69) is 20.8 Å². The van der Waals surface area contributed by atoms with Crippen LogP contribution in [0.5, 0.6) is 0 Å². The van der Waals surface area contributed by atoms with E-state index in [1.165, 1.54) is 115 Å². The minimum atomic E-state index is 1.05. The SMILES string of the molecule is CCCCCCCCB(CCCCC)CCCCCCCC. The van der Waals surface area contributed by atoms with Gasteiger partial charge in [-0.25, -0.2) is 0 Å². The molecule has 0 aromatic heterocycles. The van der Waals surface area contributed by atoms with E-state index in [9.17, 15) is 0 Å². The second-order valence-corrected chi connectivity index (χ2v) is 7.47. The van der Waals surface area contributed by atoms with Gasteiger partial charge in [-0.3, -0.25) is 0 Å². The van der Waals surface area contributed by atoms with Gasteiger partial charge in [0.15, 0.2) is 0 Å². The van der Waals surface area contributed by atoms with Crippen molar-refractivity contribution in [3.8, 4) is 0 Å². The van der Waals surface area contributed by atoms with E-state index in [1.54, 1.807) is 0 Å². The second kappa shape index (κ2) is 19.1. The summed E-state index contributed by atoms with van der Waals surface area (Å²) in [6, 6.07) is 0. The molecular formula is C21H45B. The minimum Gasteiger partial charge on any atom is -0.0741 e. The van der Waals surface area contributed by atoms with Crippen LogP contribution >= 0.6 is 0 Å². The van der Waals surface area contributed by atoms with E-state index in [0.717, 1.165) is 6.71 Å². The van der Waals surface area contributed by atoms with Crippen LogP contribution in [0.15, 0.2) is 0 Å². The molecule has 0 nitrogen and oxygen atoms in total. The number of rotatable bonds is 18. The summed E-state index contributed by atoms with van der Waals surface area (Å²) in [6.07, 6.45) is 26.3. The predicted octanol–water partition coefficient (Wildman–Crippen LogP) is 8.39. The molecule has 0 unspecified atom stereocenters. The zero-order chi connectivity index (χ0) is 16.3. The molecule has 0 bridgehead atoms. The van der Waals surface area contributed by atoms with Gasteiger partial charge in [0, 0.05) is 0 Å². The third-order valence-corrected chi connectivity index (χ3v) is 5.15. The Hall–Kier alpha value is 0.0649. The van der Waals surface area contributed by atoms with Crippen molar-refractivity contribution in [2.75, 3.05) is 0 Å². The maximum atomic E-state index is 2.33. The van der Waals surface area contributed by atoms with Crippen LogP contribution in [0.2, 0.25) is 19.0 Å². The molecule has 0 aliphatic carbocycles. The lowest BCUT2D eigenvalue weighted by Gasteiger charge is -2.13. The molecule has 0 fully saturated rings. The highest BCUT2D eigenvalue weighted by Crippen LogP contribution is 2.19. The predicted molar refractivity (Wildman–Crippen MR) is 106 cm³/mol. The van der Waals surface area contributed by atoms with Crippen molar-refractivity contribution in [1.29, 1.82) is 0 Å². The fraction of sp³-hybridized carbons (Fsp3) is 1.00. The molecule has 0 N–H and O–H groups in total. The average Bonchev–Trinajstić information content (AvgIpc) is 2.53. The Balaban J connectivity index is 3.65. The van der Waals surface area contributed by atoms with E-state index in [1.807, 2.05) is 0 Å². The van der Waals surface area contributed by atoms with Crippen molar-refractivity contribution < 1.29 is 0 Å². The van der Waals surface area contributed by atoms with Crippen LogP contribution in [-0.4, -0.2) is 6.71 Å². The van der Waals surface area contributed by atoms with E-state index in [0.29, 0.717) is 0 Å². The van der Waals surface area contributed by atoms with Gasteiger partial charge in [-0.1, -0.05) is 136 Å². The zero-order valence-corrected chi connectivity index (χ0v) is 16.3. The molecule has 0 aromatic rings. The van der Waals surface area contributed by atoms with Gasteiger partial charge < -0.3 is 0 Å². The highest BCUT2D eigenvalue weighted by Gasteiger charge is 2.12. The molecule has 132 valence electrons. The van der Waals surface area contributed by atoms with Gasteiger partial charge in [-0.2, -0.15) is 0 Å². The largest absolute Gasteiger partial charge is 0.139 e. The Morgan fingerprint density at radius 2 is 0.636 bits per heavy atom. The van der Waals surface area contributed by atoms with E-state index < -0.39 is 0 Å². The molecule has 0 aliphatic heterocycles. The Morgan fingerprint density at radius 1 is 0.364 bits per heavy atom. The lowest BCUT2D eigenvalue weighted by molar-refractivity contribution is 0.615. The van der Waals surface area contributed by atoms with Crippen LogP contribution < -0.4 is 0 Å². The molecule has 0 atom stereocenters. The van der Waals surface area contributed by atoms with Crippen molar-refractivity contribution in [2.45, 2.75) is 136 Å². The van der Waals surface area contributed by atoms with E-state index in [-0.39, 0.29) is 0 Å². The van der Waals surface area contributed by atoms with Crippen LogP contribution in [0, 0.1) is 0 Å². The summed E-state index contributed by atoms with van der Waals surface area (Å²) in [5, 5.41) is 0. The Labute approximate surface area is 143 Å². The highest BCUT2D eigenvalue weighted by atomic mass is 14.0. The van der Waals surface area contributed by atoms with Crippen molar-refractivity contribution in [2.24, 2.45) is 0 Å². The monoisotopic (exact) mass is 308 g/mol. The number of hydrogen-bond acceptors (Lipinski definition) is 0. The number of unbranched alkanes of at least 4 members (excludes halogenated alkanes) is 12. The lowest BCUT2D eigenvalue weighted by atomic mass is 9.41. The van der Waals surface area contributed by atoms with Gasteiger partial charge in [0.2, 0.25) is 0 Å². The van der Waals surface area contributed by atoms with Crippen molar-refractivity contribution in [3.63, 3.8) is 0 Å². The van der Waals surface area contributed by atoms with Gasteiger partial charge >= 0.3 is 0 Å². The van der Waals surface area contributed by atoms with Crippen molar-refractivity contribution in [3.05, 3.63) is 0 Å². The molecule has 0 spiro atoms. The van der Waals surface area contributed by atoms with Crippen molar-refractivity contribution >= 4 is 6.71 Å². The second-order valence-electron chi connectivity index (χ2n) is 7.47. The van der Waals surface area contributed by atoms with E-state index >= 15 is 0 Å². The average molecular weight is 308 g/mol. The molecule has 0 saturated heterocycles. The first-order valence-corrected chi connectivity index (χ1v) is 10.8. The molecule has 0 saturated carbocycles. The topological polar surface area (TPSA) is 0 Å². The molecule has 0 amide bonds. The van der Waals surface area contributed by atoms with E-state index in [4.69, 9.17) is 0 Å². The summed E-state index contributed by atoms with van der Waals surface area (Å²) in [6.45, 7) is 7.99. The molecule has 0 aliphatic rings. The Kier molecular flexibility index (Phi) is 19.2. The van der Waals surface area contributed by atoms with Gasteiger partial charge in [0.1, 0.15) is 6.71 Å². The molecule has 0 heterocycles. The fourth-order valence-corrected chi connectivity index (χ4v) is 3.54. The molecular weight excluding hydrogens is 263 g/mol. The summed E-state index contributed by atoms with van der Waals surface area (Å²) in [4.78, 5) is 0. The molecule has 0 radical (unpaired) electrons. The van der Waals surface area contributed by atoms with Gasteiger partial charge in [-0.05, 0) is 0 Å². The zero-order valence-electron chi connectivity index (χ0n) is 16.3. The summed E-state index contributed by atoms with van der Waals surface area (Å²) in [7, 11) is 0. The quantitative estimate of drug-likeness (QED) is 0.176. The van der Waals surface area contributed by atoms with Gasteiger partial charge in [0.25, 0.3) is 0 Å². The van der Waals surface area contributed by atoms with Crippen molar-refractivity contribution in [1.82, 2.24) is 0 Å². The van der Waals surface area contributed by atoms with Gasteiger partial charge in [-0.15, -0.1) is 0 Å². The smallest absolute Gasteiger partial charge is 0.0741 e. The van der Waals surface area contributed by atoms with Crippen LogP contribution in [0.25, 0.3) is 0 Å². The lowest BCUT2D eigenvalue weighted by Crippen LogP contribution is -2.11. The first kappa shape index (κ1) is 22.1. The molecule has 1 heteroatoms.